The second-order valence-corrected chi connectivity index (χ2v) is 4.61. The molecule has 0 radical (unpaired) electrons. The Balaban J connectivity index is 1.73. The molecule has 1 saturated heterocycles. The van der Waals surface area contributed by atoms with Gasteiger partial charge >= 0.3 is 6.03 Å². The number of hydrogen-bond acceptors (Lipinski definition) is 2. The normalized spacial score (nSPS) is 34.1. The van der Waals surface area contributed by atoms with Crippen molar-refractivity contribution in [2.24, 2.45) is 5.92 Å². The fraction of sp³-hybridized carbons (Fsp3) is 0.800. The molecule has 2 rings (SSSR count). The second-order valence-electron chi connectivity index (χ2n) is 4.61. The Morgan fingerprint density at radius 1 is 1.47 bits per heavy atom. The summed E-state index contributed by atoms with van der Waals surface area (Å²) in [5.74, 6) is 0.698. The highest BCUT2D eigenvalue weighted by Crippen LogP contribution is 2.28. The van der Waals surface area contributed by atoms with Crippen LogP contribution in [0, 0.1) is 5.92 Å². The molecular formula is C10H17N3O2. The largest absolute Gasteiger partial charge is 0.344 e. The van der Waals surface area contributed by atoms with Crippen LogP contribution in [0.1, 0.15) is 19.8 Å². The third-order valence-electron chi connectivity index (χ3n) is 3.10. The van der Waals surface area contributed by atoms with Crippen molar-refractivity contribution in [1.82, 2.24) is 15.5 Å². The molecule has 15 heavy (non-hydrogen) atoms. The lowest BCUT2D eigenvalue weighted by molar-refractivity contribution is -0.126. The molecule has 84 valence electrons. The summed E-state index contributed by atoms with van der Waals surface area (Å²) in [4.78, 5) is 24.3. The molecule has 0 aromatic heterocycles. The Kier molecular flexibility index (Phi) is 2.54. The van der Waals surface area contributed by atoms with Crippen LogP contribution in [0.15, 0.2) is 0 Å². The Morgan fingerprint density at radius 2 is 2.13 bits per heavy atom. The van der Waals surface area contributed by atoms with Crippen molar-refractivity contribution in [3.8, 4) is 0 Å². The number of nitrogens with zero attached hydrogens (tertiary/aromatic N) is 1. The van der Waals surface area contributed by atoms with Crippen molar-refractivity contribution >= 4 is 11.9 Å². The molecule has 1 saturated carbocycles. The molecule has 1 heterocycles. The Hall–Kier alpha value is -1.26. The Labute approximate surface area is 89.2 Å². The summed E-state index contributed by atoms with van der Waals surface area (Å²) < 4.78 is 0. The van der Waals surface area contributed by atoms with Crippen LogP contribution in [0.25, 0.3) is 0 Å². The van der Waals surface area contributed by atoms with E-state index < -0.39 is 0 Å². The van der Waals surface area contributed by atoms with Gasteiger partial charge in [-0.05, 0) is 12.3 Å². The van der Waals surface area contributed by atoms with Crippen LogP contribution in [0.5, 0.6) is 0 Å². The highest BCUT2D eigenvalue weighted by molar-refractivity contribution is 5.81. The van der Waals surface area contributed by atoms with Gasteiger partial charge in [-0.3, -0.25) is 4.79 Å². The lowest BCUT2D eigenvalue weighted by atomic mass is 10.2. The smallest absolute Gasteiger partial charge is 0.315 e. The number of carbonyl (C=O) groups is 2. The summed E-state index contributed by atoms with van der Waals surface area (Å²) in [5, 5.41) is 5.70. The molecule has 0 aromatic rings. The predicted molar refractivity (Wildman–Crippen MR) is 55.3 cm³/mol. The lowest BCUT2D eigenvalue weighted by Crippen LogP contribution is -2.44. The molecule has 0 bridgehead atoms. The molecule has 3 amide bonds. The van der Waals surface area contributed by atoms with Crippen LogP contribution in [-0.2, 0) is 4.79 Å². The van der Waals surface area contributed by atoms with Crippen molar-refractivity contribution in [2.75, 3.05) is 13.6 Å². The summed E-state index contributed by atoms with van der Waals surface area (Å²) in [5.41, 5.74) is 0. The molecule has 2 aliphatic rings. The van der Waals surface area contributed by atoms with Gasteiger partial charge in [-0.25, -0.2) is 4.79 Å². The van der Waals surface area contributed by atoms with E-state index in [1.54, 1.807) is 11.9 Å². The number of likely N-dealkylation sites (N-methyl/N-ethyl adjacent to an activating group) is 1. The number of rotatable bonds is 2. The molecule has 2 fully saturated rings. The maximum atomic E-state index is 11.5. The first-order valence-electron chi connectivity index (χ1n) is 5.37. The van der Waals surface area contributed by atoms with Crippen molar-refractivity contribution in [3.63, 3.8) is 0 Å². The quantitative estimate of drug-likeness (QED) is 0.671. The van der Waals surface area contributed by atoms with Crippen molar-refractivity contribution in [1.29, 1.82) is 0 Å². The van der Waals surface area contributed by atoms with E-state index in [1.165, 1.54) is 0 Å². The van der Waals surface area contributed by atoms with Crippen LogP contribution < -0.4 is 10.6 Å². The Morgan fingerprint density at radius 3 is 2.60 bits per heavy atom. The molecule has 1 aliphatic carbocycles. The maximum absolute atomic E-state index is 11.5. The van der Waals surface area contributed by atoms with E-state index in [1.807, 2.05) is 0 Å². The number of amides is 3. The number of urea groups is 1. The van der Waals surface area contributed by atoms with Gasteiger partial charge in [0, 0.05) is 26.1 Å². The maximum Gasteiger partial charge on any atom is 0.315 e. The number of carbonyl (C=O) groups excluding carboxylic acids is 2. The summed E-state index contributed by atoms with van der Waals surface area (Å²) in [7, 11) is 1.75. The first-order valence-corrected chi connectivity index (χ1v) is 5.37. The zero-order valence-electron chi connectivity index (χ0n) is 9.12. The van der Waals surface area contributed by atoms with Gasteiger partial charge in [-0.2, -0.15) is 0 Å². The third-order valence-corrected chi connectivity index (χ3v) is 3.10. The van der Waals surface area contributed by atoms with Crippen LogP contribution in [0.3, 0.4) is 0 Å². The molecule has 5 nitrogen and oxygen atoms in total. The van der Waals surface area contributed by atoms with Gasteiger partial charge < -0.3 is 15.5 Å². The minimum atomic E-state index is -0.141. The van der Waals surface area contributed by atoms with E-state index in [0.29, 0.717) is 24.9 Å². The zero-order chi connectivity index (χ0) is 11.0. The van der Waals surface area contributed by atoms with E-state index in [0.717, 1.165) is 6.42 Å². The molecule has 2 N–H and O–H groups in total. The van der Waals surface area contributed by atoms with Crippen molar-refractivity contribution < 1.29 is 9.59 Å². The Bertz CT molecular complexity index is 292. The second kappa shape index (κ2) is 3.72. The van der Waals surface area contributed by atoms with Crippen LogP contribution in [0.2, 0.25) is 0 Å². The fourth-order valence-corrected chi connectivity index (χ4v) is 1.88. The number of nitrogens with one attached hydrogen (secondary N) is 2. The van der Waals surface area contributed by atoms with Gasteiger partial charge in [-0.15, -0.1) is 0 Å². The summed E-state index contributed by atoms with van der Waals surface area (Å²) in [6, 6.07) is 0.161. The number of likely N-dealkylation sites (tertiary alicyclic amines) is 1. The van der Waals surface area contributed by atoms with E-state index in [9.17, 15) is 9.59 Å². The third kappa shape index (κ3) is 2.40. The van der Waals surface area contributed by atoms with Gasteiger partial charge in [0.1, 0.15) is 0 Å². The van der Waals surface area contributed by atoms with Gasteiger partial charge in [0.25, 0.3) is 0 Å². The molecule has 0 spiro atoms. The minimum Gasteiger partial charge on any atom is -0.344 e. The van der Waals surface area contributed by atoms with Crippen molar-refractivity contribution in [2.45, 2.75) is 31.8 Å². The molecule has 1 aliphatic heterocycles. The van der Waals surface area contributed by atoms with Gasteiger partial charge in [0.05, 0.1) is 6.04 Å². The summed E-state index contributed by atoms with van der Waals surface area (Å²) in [6.45, 7) is 2.73. The standard InChI is InChI=1S/C10H17N3O2/c1-6-3-8(6)12-10(15)11-7-4-9(14)13(2)5-7/h6-8H,3-5H2,1-2H3,(H2,11,12,15). The van der Waals surface area contributed by atoms with E-state index in [4.69, 9.17) is 0 Å². The molecular weight excluding hydrogens is 194 g/mol. The van der Waals surface area contributed by atoms with E-state index >= 15 is 0 Å². The molecule has 3 unspecified atom stereocenters. The van der Waals surface area contributed by atoms with E-state index in [2.05, 4.69) is 17.6 Å². The monoisotopic (exact) mass is 211 g/mol. The first kappa shape index (κ1) is 10.3. The van der Waals surface area contributed by atoms with Gasteiger partial charge in [0.15, 0.2) is 0 Å². The predicted octanol–water partition coefficient (Wildman–Crippen LogP) is -0.0753. The topological polar surface area (TPSA) is 61.4 Å². The SMILES string of the molecule is CC1CC1NC(=O)NC1CC(=O)N(C)C1. The average Bonchev–Trinajstić information content (AvgIpc) is 2.70. The lowest BCUT2D eigenvalue weighted by Gasteiger charge is -2.13. The van der Waals surface area contributed by atoms with E-state index in [-0.39, 0.29) is 18.0 Å². The fourth-order valence-electron chi connectivity index (χ4n) is 1.88. The van der Waals surface area contributed by atoms with Gasteiger partial charge in [0.2, 0.25) is 5.91 Å². The molecule has 0 aromatic carbocycles. The summed E-state index contributed by atoms with van der Waals surface area (Å²) in [6.07, 6.45) is 1.49. The number of hydrogen-bond donors (Lipinski definition) is 2. The van der Waals surface area contributed by atoms with Crippen LogP contribution in [-0.4, -0.2) is 42.5 Å². The highest BCUT2D eigenvalue weighted by atomic mass is 16.2. The van der Waals surface area contributed by atoms with Crippen molar-refractivity contribution in [3.05, 3.63) is 0 Å². The minimum absolute atomic E-state index is 0.0310. The molecule has 3 atom stereocenters. The molecule has 5 heteroatoms. The zero-order valence-corrected chi connectivity index (χ0v) is 9.12. The van der Waals surface area contributed by atoms with Gasteiger partial charge in [-0.1, -0.05) is 6.92 Å². The average molecular weight is 211 g/mol. The summed E-state index contributed by atoms with van der Waals surface area (Å²) >= 11 is 0. The van der Waals surface area contributed by atoms with Crippen LogP contribution in [0.4, 0.5) is 4.79 Å². The first-order chi connectivity index (χ1) is 7.06. The highest BCUT2D eigenvalue weighted by Gasteiger charge is 2.35. The van der Waals surface area contributed by atoms with Crippen LogP contribution >= 0.6 is 0 Å².